The maximum Gasteiger partial charge on any atom is 0.0434 e. The van der Waals surface area contributed by atoms with Gasteiger partial charge in [-0.25, -0.2) is 0 Å². The minimum atomic E-state index is -0.0719. The van der Waals surface area contributed by atoms with Crippen LogP contribution in [-0.2, 0) is 0 Å². The quantitative estimate of drug-likeness (QED) is 0.567. The highest BCUT2D eigenvalue weighted by Gasteiger charge is 2.47. The van der Waals surface area contributed by atoms with Gasteiger partial charge in [-0.05, 0) is 25.7 Å². The number of aliphatic hydroxyl groups is 1. The van der Waals surface area contributed by atoms with E-state index in [9.17, 15) is 0 Å². The molecule has 0 aliphatic heterocycles. The fraction of sp³-hybridized carbons (Fsp3) is 0.750. The Bertz CT molecular complexity index is 144. The van der Waals surface area contributed by atoms with E-state index in [0.29, 0.717) is 5.92 Å². The van der Waals surface area contributed by atoms with E-state index >= 15 is 0 Å². The number of hydrogen-bond donors (Lipinski definition) is 2. The Morgan fingerprint density at radius 3 is 3.00 bits per heavy atom. The van der Waals surface area contributed by atoms with Gasteiger partial charge in [-0.15, -0.1) is 0 Å². The van der Waals surface area contributed by atoms with Crippen molar-refractivity contribution >= 4 is 0 Å². The molecule has 58 valence electrons. The lowest BCUT2D eigenvalue weighted by molar-refractivity contribution is 0.277. The predicted octanol–water partition coefficient (Wildman–Crippen LogP) is 0.662. The van der Waals surface area contributed by atoms with Crippen LogP contribution in [0.1, 0.15) is 19.8 Å². The number of hydrogen-bond acceptors (Lipinski definition) is 2. The third-order valence-electron chi connectivity index (χ3n) is 2.15. The molecule has 0 aromatic rings. The molecule has 1 fully saturated rings. The van der Waals surface area contributed by atoms with E-state index in [-0.39, 0.29) is 12.1 Å². The molecule has 2 nitrogen and oxygen atoms in total. The first kappa shape index (κ1) is 7.76. The van der Waals surface area contributed by atoms with E-state index in [2.05, 4.69) is 0 Å². The number of nitrogens with two attached hydrogens (primary N) is 1. The van der Waals surface area contributed by atoms with Crippen LogP contribution < -0.4 is 5.73 Å². The van der Waals surface area contributed by atoms with Crippen molar-refractivity contribution < 1.29 is 5.11 Å². The van der Waals surface area contributed by atoms with E-state index in [4.69, 9.17) is 10.8 Å². The van der Waals surface area contributed by atoms with Crippen molar-refractivity contribution in [1.29, 1.82) is 0 Å². The minimum absolute atomic E-state index is 0.0719. The van der Waals surface area contributed by atoms with E-state index < -0.39 is 0 Å². The van der Waals surface area contributed by atoms with Crippen molar-refractivity contribution in [3.63, 3.8) is 0 Å². The molecule has 2 atom stereocenters. The zero-order chi connectivity index (χ0) is 7.61. The lowest BCUT2D eigenvalue weighted by atomic mass is 10.1. The molecule has 0 aromatic carbocycles. The molecule has 1 rings (SSSR count). The lowest BCUT2D eigenvalue weighted by Gasteiger charge is -2.02. The zero-order valence-corrected chi connectivity index (χ0v) is 6.38. The highest BCUT2D eigenvalue weighted by Crippen LogP contribution is 2.44. The maximum absolute atomic E-state index is 8.60. The van der Waals surface area contributed by atoms with E-state index in [1.807, 2.05) is 19.1 Å². The lowest BCUT2D eigenvalue weighted by Crippen LogP contribution is -2.21. The Labute approximate surface area is 61.7 Å². The normalized spacial score (nSPS) is 38.9. The molecular formula is C8H15NO. The van der Waals surface area contributed by atoms with Crippen LogP contribution in [0.2, 0.25) is 0 Å². The molecule has 0 radical (unpaired) electrons. The van der Waals surface area contributed by atoms with Crippen molar-refractivity contribution in [2.75, 3.05) is 6.61 Å². The first-order valence-corrected chi connectivity index (χ1v) is 3.76. The third kappa shape index (κ3) is 1.39. The van der Waals surface area contributed by atoms with Gasteiger partial charge in [-0.2, -0.15) is 0 Å². The molecule has 0 saturated heterocycles. The van der Waals surface area contributed by atoms with Crippen LogP contribution in [0.15, 0.2) is 12.2 Å². The SMILES string of the molecule is C/C=C/C1(N)CC1CCO. The maximum atomic E-state index is 8.60. The summed E-state index contributed by atoms with van der Waals surface area (Å²) in [4.78, 5) is 0. The summed E-state index contributed by atoms with van der Waals surface area (Å²) in [5, 5.41) is 8.60. The molecule has 0 bridgehead atoms. The molecule has 0 spiro atoms. The Balaban J connectivity index is 2.33. The molecule has 2 heteroatoms. The first-order valence-electron chi connectivity index (χ1n) is 3.76. The van der Waals surface area contributed by atoms with Crippen molar-refractivity contribution in [2.45, 2.75) is 25.3 Å². The van der Waals surface area contributed by atoms with Crippen molar-refractivity contribution in [1.82, 2.24) is 0 Å². The summed E-state index contributed by atoms with van der Waals surface area (Å²) < 4.78 is 0. The molecule has 0 heterocycles. The first-order chi connectivity index (χ1) is 4.73. The van der Waals surface area contributed by atoms with E-state index in [0.717, 1.165) is 12.8 Å². The predicted molar refractivity (Wildman–Crippen MR) is 41.5 cm³/mol. The van der Waals surface area contributed by atoms with Gasteiger partial charge >= 0.3 is 0 Å². The van der Waals surface area contributed by atoms with E-state index in [1.54, 1.807) is 0 Å². The van der Waals surface area contributed by atoms with Crippen LogP contribution in [0, 0.1) is 5.92 Å². The van der Waals surface area contributed by atoms with Gasteiger partial charge in [0.05, 0.1) is 0 Å². The van der Waals surface area contributed by atoms with Gasteiger partial charge in [0, 0.05) is 12.1 Å². The topological polar surface area (TPSA) is 46.2 Å². The second kappa shape index (κ2) is 2.72. The standard InChI is InChI=1S/C8H15NO/c1-2-4-8(9)6-7(8)3-5-10/h2,4,7,10H,3,5-6,9H2,1H3/b4-2+. The Kier molecular flexibility index (Phi) is 2.11. The monoisotopic (exact) mass is 141 g/mol. The summed E-state index contributed by atoms with van der Waals surface area (Å²) in [5.41, 5.74) is 5.82. The van der Waals surface area contributed by atoms with Gasteiger partial charge in [0.15, 0.2) is 0 Å². The van der Waals surface area contributed by atoms with Crippen LogP contribution in [0.3, 0.4) is 0 Å². The summed E-state index contributed by atoms with van der Waals surface area (Å²) in [7, 11) is 0. The highest BCUT2D eigenvalue weighted by molar-refractivity contribution is 5.19. The highest BCUT2D eigenvalue weighted by atomic mass is 16.3. The molecule has 0 amide bonds. The fourth-order valence-electron chi connectivity index (χ4n) is 1.41. The summed E-state index contributed by atoms with van der Waals surface area (Å²) >= 11 is 0. The summed E-state index contributed by atoms with van der Waals surface area (Å²) in [6.07, 6.45) is 5.91. The number of rotatable bonds is 3. The number of allylic oxidation sites excluding steroid dienone is 1. The summed E-state index contributed by atoms with van der Waals surface area (Å²) in [6.45, 7) is 2.24. The van der Waals surface area contributed by atoms with Gasteiger partial charge in [0.1, 0.15) is 0 Å². The summed E-state index contributed by atoms with van der Waals surface area (Å²) in [5.74, 6) is 0.522. The van der Waals surface area contributed by atoms with Crippen LogP contribution in [0.25, 0.3) is 0 Å². The van der Waals surface area contributed by atoms with Gasteiger partial charge in [-0.3, -0.25) is 0 Å². The van der Waals surface area contributed by atoms with Gasteiger partial charge in [-0.1, -0.05) is 12.2 Å². The van der Waals surface area contributed by atoms with Crippen LogP contribution in [0.4, 0.5) is 0 Å². The fourth-order valence-corrected chi connectivity index (χ4v) is 1.41. The molecule has 2 unspecified atom stereocenters. The summed E-state index contributed by atoms with van der Waals surface area (Å²) in [6, 6.07) is 0. The zero-order valence-electron chi connectivity index (χ0n) is 6.38. The smallest absolute Gasteiger partial charge is 0.0434 e. The molecule has 1 aliphatic carbocycles. The van der Waals surface area contributed by atoms with Gasteiger partial charge < -0.3 is 10.8 Å². The Morgan fingerprint density at radius 2 is 2.50 bits per heavy atom. The molecular weight excluding hydrogens is 126 g/mol. The van der Waals surface area contributed by atoms with Gasteiger partial charge in [0.25, 0.3) is 0 Å². The Morgan fingerprint density at radius 1 is 1.80 bits per heavy atom. The van der Waals surface area contributed by atoms with Crippen LogP contribution in [-0.4, -0.2) is 17.3 Å². The third-order valence-corrected chi connectivity index (χ3v) is 2.15. The molecule has 0 aromatic heterocycles. The van der Waals surface area contributed by atoms with Crippen LogP contribution in [0.5, 0.6) is 0 Å². The Hall–Kier alpha value is -0.340. The molecule has 1 aliphatic rings. The largest absolute Gasteiger partial charge is 0.396 e. The molecule has 1 saturated carbocycles. The average Bonchev–Trinajstić information content (AvgIpc) is 2.44. The molecule has 10 heavy (non-hydrogen) atoms. The van der Waals surface area contributed by atoms with Gasteiger partial charge in [0.2, 0.25) is 0 Å². The average molecular weight is 141 g/mol. The van der Waals surface area contributed by atoms with E-state index in [1.165, 1.54) is 0 Å². The van der Waals surface area contributed by atoms with Crippen molar-refractivity contribution in [3.05, 3.63) is 12.2 Å². The minimum Gasteiger partial charge on any atom is -0.396 e. The second-order valence-electron chi connectivity index (χ2n) is 3.03. The number of aliphatic hydroxyl groups excluding tert-OH is 1. The van der Waals surface area contributed by atoms with Crippen molar-refractivity contribution in [2.24, 2.45) is 11.7 Å². The second-order valence-corrected chi connectivity index (χ2v) is 3.03. The molecule has 3 N–H and O–H groups in total. The van der Waals surface area contributed by atoms with Crippen LogP contribution >= 0.6 is 0 Å². The van der Waals surface area contributed by atoms with Crippen molar-refractivity contribution in [3.8, 4) is 0 Å².